The highest BCUT2D eigenvalue weighted by molar-refractivity contribution is 6.63. The zero-order valence-corrected chi connectivity index (χ0v) is 21.4. The first-order chi connectivity index (χ1) is 17.3. The average molecular weight is 470 g/mol. The molecule has 2 nitrogen and oxygen atoms in total. The number of benzene rings is 5. The summed E-state index contributed by atoms with van der Waals surface area (Å²) in [5, 5.41) is 5.04. The summed E-state index contributed by atoms with van der Waals surface area (Å²) in [6, 6.07) is 36.9. The summed E-state index contributed by atoms with van der Waals surface area (Å²) in [6.45, 7) is 9.40. The lowest BCUT2D eigenvalue weighted by atomic mass is 9.67. The van der Waals surface area contributed by atoms with Gasteiger partial charge in [0.15, 0.2) is 0 Å². The molecular formula is C33H31BO2. The lowest BCUT2D eigenvalue weighted by Crippen LogP contribution is -2.58. The molecule has 0 atom stereocenters. The monoisotopic (exact) mass is 470 g/mol. The Kier molecular flexibility index (Phi) is 5.51. The predicted octanol–water partition coefficient (Wildman–Crippen LogP) is 7.87. The van der Waals surface area contributed by atoms with Crippen LogP contribution in [0.3, 0.4) is 0 Å². The Morgan fingerprint density at radius 2 is 1.28 bits per heavy atom. The van der Waals surface area contributed by atoms with Gasteiger partial charge in [0.1, 0.15) is 0 Å². The van der Waals surface area contributed by atoms with E-state index in [1.54, 1.807) is 0 Å². The molecule has 0 N–H and O–H groups in total. The lowest BCUT2D eigenvalue weighted by Gasteiger charge is -2.47. The van der Waals surface area contributed by atoms with Gasteiger partial charge >= 0.3 is 7.12 Å². The first-order valence-electron chi connectivity index (χ1n) is 12.7. The summed E-state index contributed by atoms with van der Waals surface area (Å²) in [5.41, 5.74) is 5.36. The molecule has 3 heteroatoms. The minimum Gasteiger partial charge on any atom is -0.407 e. The van der Waals surface area contributed by atoms with Gasteiger partial charge in [0.25, 0.3) is 0 Å². The third-order valence-electron chi connectivity index (χ3n) is 8.10. The SMILES string of the molecule is CC1(C)COB(c2cc(-c3cc4ccccc4c4ccccc34)ccc2-c2ccccc2)OC1(C)C. The van der Waals surface area contributed by atoms with E-state index >= 15 is 0 Å². The zero-order valence-electron chi connectivity index (χ0n) is 21.4. The van der Waals surface area contributed by atoms with Crippen LogP contribution in [0.1, 0.15) is 27.7 Å². The van der Waals surface area contributed by atoms with Crippen molar-refractivity contribution in [2.75, 3.05) is 6.61 Å². The van der Waals surface area contributed by atoms with Crippen LogP contribution in [0.25, 0.3) is 43.8 Å². The quantitative estimate of drug-likeness (QED) is 0.197. The number of hydrogen-bond donors (Lipinski definition) is 0. The van der Waals surface area contributed by atoms with Crippen molar-refractivity contribution in [3.05, 3.63) is 103 Å². The molecule has 36 heavy (non-hydrogen) atoms. The third-order valence-corrected chi connectivity index (χ3v) is 8.10. The molecule has 6 rings (SSSR count). The van der Waals surface area contributed by atoms with Gasteiger partial charge in [0.2, 0.25) is 0 Å². The molecule has 0 unspecified atom stereocenters. The van der Waals surface area contributed by atoms with Crippen LogP contribution >= 0.6 is 0 Å². The van der Waals surface area contributed by atoms with E-state index in [0.717, 1.165) is 16.6 Å². The van der Waals surface area contributed by atoms with Gasteiger partial charge in [-0.05, 0) is 69.2 Å². The van der Waals surface area contributed by atoms with Crippen molar-refractivity contribution in [1.82, 2.24) is 0 Å². The first-order valence-corrected chi connectivity index (χ1v) is 12.7. The normalized spacial score (nSPS) is 16.9. The van der Waals surface area contributed by atoms with Crippen molar-refractivity contribution in [3.63, 3.8) is 0 Å². The van der Waals surface area contributed by atoms with Crippen molar-refractivity contribution >= 4 is 34.1 Å². The lowest BCUT2D eigenvalue weighted by molar-refractivity contribution is -0.0937. The number of fused-ring (bicyclic) bond motifs is 3. The van der Waals surface area contributed by atoms with Crippen LogP contribution in [-0.4, -0.2) is 19.3 Å². The van der Waals surface area contributed by atoms with E-state index in [1.807, 2.05) is 0 Å². The largest absolute Gasteiger partial charge is 0.494 e. The van der Waals surface area contributed by atoms with Crippen LogP contribution in [-0.2, 0) is 9.31 Å². The third kappa shape index (κ3) is 3.84. The van der Waals surface area contributed by atoms with Crippen LogP contribution in [0.4, 0.5) is 0 Å². The fourth-order valence-corrected chi connectivity index (χ4v) is 5.17. The summed E-state index contributed by atoms with van der Waals surface area (Å²) >= 11 is 0. The summed E-state index contributed by atoms with van der Waals surface area (Å²) < 4.78 is 13.1. The van der Waals surface area contributed by atoms with E-state index in [4.69, 9.17) is 9.31 Å². The highest BCUT2D eigenvalue weighted by Gasteiger charge is 2.47. The molecule has 0 aromatic heterocycles. The maximum atomic E-state index is 6.66. The minimum atomic E-state index is -0.435. The molecule has 178 valence electrons. The number of rotatable bonds is 3. The van der Waals surface area contributed by atoms with Gasteiger partial charge in [0, 0.05) is 12.0 Å². The van der Waals surface area contributed by atoms with Crippen LogP contribution in [0.15, 0.2) is 103 Å². The summed E-state index contributed by atoms with van der Waals surface area (Å²) in [6.07, 6.45) is 0. The molecule has 1 saturated heterocycles. The van der Waals surface area contributed by atoms with Crippen LogP contribution in [0.2, 0.25) is 0 Å². The van der Waals surface area contributed by atoms with E-state index in [1.165, 1.54) is 32.7 Å². The molecule has 5 aromatic rings. The number of hydrogen-bond acceptors (Lipinski definition) is 2. The van der Waals surface area contributed by atoms with Gasteiger partial charge in [-0.25, -0.2) is 0 Å². The molecular weight excluding hydrogens is 439 g/mol. The van der Waals surface area contributed by atoms with Crippen molar-refractivity contribution in [2.45, 2.75) is 33.3 Å². The van der Waals surface area contributed by atoms with E-state index in [0.29, 0.717) is 6.61 Å². The molecule has 0 spiro atoms. The van der Waals surface area contributed by atoms with Gasteiger partial charge in [0.05, 0.1) is 5.60 Å². The Balaban J connectivity index is 1.56. The summed E-state index contributed by atoms with van der Waals surface area (Å²) in [4.78, 5) is 0. The van der Waals surface area contributed by atoms with Crippen LogP contribution in [0.5, 0.6) is 0 Å². The van der Waals surface area contributed by atoms with Gasteiger partial charge in [-0.1, -0.05) is 111 Å². The zero-order chi connectivity index (χ0) is 24.9. The Hall–Kier alpha value is -3.40. The first kappa shape index (κ1) is 23.0. The molecule has 5 aromatic carbocycles. The maximum Gasteiger partial charge on any atom is 0.494 e. The van der Waals surface area contributed by atoms with Crippen molar-refractivity contribution < 1.29 is 9.31 Å². The van der Waals surface area contributed by atoms with Crippen LogP contribution in [0, 0.1) is 5.41 Å². The fourth-order valence-electron chi connectivity index (χ4n) is 5.17. The van der Waals surface area contributed by atoms with Gasteiger partial charge in [-0.2, -0.15) is 0 Å². The fraction of sp³-hybridized carbons (Fsp3) is 0.212. The highest BCUT2D eigenvalue weighted by Crippen LogP contribution is 2.40. The van der Waals surface area contributed by atoms with Gasteiger partial charge < -0.3 is 9.31 Å². The standard InChI is InChI=1S/C33H31BO2/c1-32(2)22-35-34(36-33(32,3)4)31-21-25(18-19-27(31)23-12-6-5-7-13-23)30-20-24-14-8-9-15-26(24)28-16-10-11-17-29(28)30/h5-21H,22H2,1-4H3. The second-order valence-corrected chi connectivity index (χ2v) is 11.0. The van der Waals surface area contributed by atoms with E-state index in [-0.39, 0.29) is 11.0 Å². The second kappa shape index (κ2) is 8.62. The average Bonchev–Trinajstić information content (AvgIpc) is 2.90. The van der Waals surface area contributed by atoms with Gasteiger partial charge in [-0.15, -0.1) is 0 Å². The van der Waals surface area contributed by atoms with Crippen molar-refractivity contribution in [2.24, 2.45) is 5.41 Å². The van der Waals surface area contributed by atoms with E-state index < -0.39 is 7.12 Å². The Morgan fingerprint density at radius 3 is 2.03 bits per heavy atom. The summed E-state index contributed by atoms with van der Waals surface area (Å²) in [7, 11) is -0.435. The van der Waals surface area contributed by atoms with E-state index in [2.05, 4.69) is 131 Å². The highest BCUT2D eigenvalue weighted by atomic mass is 16.6. The maximum absolute atomic E-state index is 6.66. The van der Waals surface area contributed by atoms with Gasteiger partial charge in [-0.3, -0.25) is 0 Å². The summed E-state index contributed by atoms with van der Waals surface area (Å²) in [5.74, 6) is 0. The minimum absolute atomic E-state index is 0.0808. The smallest absolute Gasteiger partial charge is 0.407 e. The molecule has 1 aliphatic heterocycles. The molecule has 1 heterocycles. The Bertz CT molecular complexity index is 1570. The predicted molar refractivity (Wildman–Crippen MR) is 153 cm³/mol. The van der Waals surface area contributed by atoms with Crippen LogP contribution < -0.4 is 5.46 Å². The molecule has 1 fully saturated rings. The molecule has 0 aliphatic carbocycles. The topological polar surface area (TPSA) is 18.5 Å². The second-order valence-electron chi connectivity index (χ2n) is 11.0. The van der Waals surface area contributed by atoms with Crippen molar-refractivity contribution in [3.8, 4) is 22.3 Å². The molecule has 0 saturated carbocycles. The van der Waals surface area contributed by atoms with Crippen molar-refractivity contribution in [1.29, 1.82) is 0 Å². The molecule has 1 aliphatic rings. The van der Waals surface area contributed by atoms with E-state index in [9.17, 15) is 0 Å². The molecule has 0 amide bonds. The Labute approximate surface area is 214 Å². The molecule has 0 radical (unpaired) electrons. The Morgan fingerprint density at radius 1 is 0.611 bits per heavy atom. The molecule has 0 bridgehead atoms.